The van der Waals surface area contributed by atoms with Gasteiger partial charge in [0.05, 0.1) is 0 Å². The molecule has 1 aromatic rings. The molecule has 0 amide bonds. The van der Waals surface area contributed by atoms with Crippen molar-refractivity contribution in [1.29, 1.82) is 0 Å². The molecule has 0 aliphatic rings. The van der Waals surface area contributed by atoms with Crippen LogP contribution in [0.5, 0.6) is 5.75 Å². The van der Waals surface area contributed by atoms with E-state index in [-0.39, 0.29) is 0 Å². The predicted octanol–water partition coefficient (Wildman–Crippen LogP) is 5.17. The first-order valence-electron chi connectivity index (χ1n) is 7.51. The lowest BCUT2D eigenvalue weighted by molar-refractivity contribution is 0.460. The maximum atomic E-state index is 10.2. The summed E-state index contributed by atoms with van der Waals surface area (Å²) in [6, 6.07) is 4.27. The van der Waals surface area contributed by atoms with Gasteiger partial charge in [-0.1, -0.05) is 51.7 Å². The molecule has 0 heterocycles. The zero-order chi connectivity index (χ0) is 13.4. The van der Waals surface area contributed by atoms with Crippen LogP contribution in [-0.2, 0) is 12.8 Å². The third kappa shape index (κ3) is 4.36. The number of hydrogen-bond acceptors (Lipinski definition) is 1. The van der Waals surface area contributed by atoms with Crippen LogP contribution in [0, 0.1) is 6.92 Å². The van der Waals surface area contributed by atoms with Gasteiger partial charge in [-0.2, -0.15) is 0 Å². The maximum absolute atomic E-state index is 10.2. The van der Waals surface area contributed by atoms with Crippen molar-refractivity contribution in [3.8, 4) is 5.75 Å². The minimum absolute atomic E-state index is 0.542. The second-order valence-electron chi connectivity index (χ2n) is 5.28. The lowest BCUT2D eigenvalue weighted by Crippen LogP contribution is -1.97. The van der Waals surface area contributed by atoms with Gasteiger partial charge >= 0.3 is 0 Å². The summed E-state index contributed by atoms with van der Waals surface area (Å²) in [6.45, 7) is 6.45. The molecule has 1 nitrogen and oxygen atoms in total. The van der Waals surface area contributed by atoms with Crippen molar-refractivity contribution in [2.45, 2.75) is 72.1 Å². The van der Waals surface area contributed by atoms with Gasteiger partial charge in [0.1, 0.15) is 5.75 Å². The van der Waals surface area contributed by atoms with E-state index in [4.69, 9.17) is 0 Å². The first-order chi connectivity index (χ1) is 8.70. The van der Waals surface area contributed by atoms with E-state index in [0.717, 1.165) is 18.4 Å². The number of hydrogen-bond donors (Lipinski definition) is 1. The Labute approximate surface area is 112 Å². The largest absolute Gasteiger partial charge is 0.507 e. The van der Waals surface area contributed by atoms with E-state index in [2.05, 4.69) is 26.0 Å². The second-order valence-corrected chi connectivity index (χ2v) is 5.28. The molecule has 0 bridgehead atoms. The summed E-state index contributed by atoms with van der Waals surface area (Å²) >= 11 is 0. The Bertz CT molecular complexity index is 355. The highest BCUT2D eigenvalue weighted by Gasteiger charge is 2.09. The minimum Gasteiger partial charge on any atom is -0.507 e. The molecular weight excluding hydrogens is 220 g/mol. The molecule has 0 spiro atoms. The van der Waals surface area contributed by atoms with Gasteiger partial charge in [0.25, 0.3) is 0 Å². The molecule has 0 unspecified atom stereocenters. The molecule has 1 rings (SSSR count). The van der Waals surface area contributed by atoms with Gasteiger partial charge in [-0.25, -0.2) is 0 Å². The molecule has 1 N–H and O–H groups in total. The van der Waals surface area contributed by atoms with Crippen molar-refractivity contribution in [3.63, 3.8) is 0 Å². The standard InChI is InChI=1S/C17H28O/c1-4-6-8-10-15-13-12-14(3)17(18)16(15)11-9-7-5-2/h12-13,18H,4-11H2,1-3H3. The van der Waals surface area contributed by atoms with E-state index in [9.17, 15) is 5.11 Å². The number of aryl methyl sites for hydroxylation is 2. The van der Waals surface area contributed by atoms with Crippen molar-refractivity contribution in [2.75, 3.05) is 0 Å². The minimum atomic E-state index is 0.542. The lowest BCUT2D eigenvalue weighted by atomic mass is 9.94. The quantitative estimate of drug-likeness (QED) is 0.629. The topological polar surface area (TPSA) is 20.2 Å². The Kier molecular flexibility index (Phi) is 6.85. The second kappa shape index (κ2) is 8.18. The number of benzene rings is 1. The van der Waals surface area contributed by atoms with Gasteiger partial charge in [-0.05, 0) is 49.3 Å². The molecule has 0 atom stereocenters. The van der Waals surface area contributed by atoms with Crippen LogP contribution in [0.4, 0.5) is 0 Å². The zero-order valence-corrected chi connectivity index (χ0v) is 12.3. The molecule has 0 aliphatic carbocycles. The third-order valence-corrected chi connectivity index (χ3v) is 3.66. The average molecular weight is 248 g/mol. The summed E-state index contributed by atoms with van der Waals surface area (Å²) in [6.07, 6.45) is 9.59. The predicted molar refractivity (Wildman–Crippen MR) is 79.3 cm³/mol. The summed E-state index contributed by atoms with van der Waals surface area (Å²) in [7, 11) is 0. The summed E-state index contributed by atoms with van der Waals surface area (Å²) in [5.41, 5.74) is 3.59. The Morgan fingerprint density at radius 3 is 2.11 bits per heavy atom. The number of rotatable bonds is 8. The van der Waals surface area contributed by atoms with Gasteiger partial charge in [-0.15, -0.1) is 0 Å². The molecular formula is C17H28O. The van der Waals surface area contributed by atoms with E-state index in [0.29, 0.717) is 5.75 Å². The van der Waals surface area contributed by atoms with Gasteiger partial charge in [0.15, 0.2) is 0 Å². The molecule has 18 heavy (non-hydrogen) atoms. The van der Waals surface area contributed by atoms with E-state index in [1.807, 2.05) is 6.92 Å². The smallest absolute Gasteiger partial charge is 0.121 e. The normalized spacial score (nSPS) is 10.8. The maximum Gasteiger partial charge on any atom is 0.121 e. The van der Waals surface area contributed by atoms with Crippen LogP contribution in [0.1, 0.15) is 69.1 Å². The van der Waals surface area contributed by atoms with Crippen LogP contribution in [0.3, 0.4) is 0 Å². The monoisotopic (exact) mass is 248 g/mol. The summed E-state index contributed by atoms with van der Waals surface area (Å²) < 4.78 is 0. The first-order valence-corrected chi connectivity index (χ1v) is 7.51. The van der Waals surface area contributed by atoms with Crippen LogP contribution < -0.4 is 0 Å². The molecule has 1 aromatic carbocycles. The van der Waals surface area contributed by atoms with Crippen LogP contribution >= 0.6 is 0 Å². The van der Waals surface area contributed by atoms with Gasteiger partial charge in [-0.3, -0.25) is 0 Å². The van der Waals surface area contributed by atoms with Crippen molar-refractivity contribution in [3.05, 3.63) is 28.8 Å². The third-order valence-electron chi connectivity index (χ3n) is 3.66. The molecule has 0 radical (unpaired) electrons. The molecule has 0 saturated heterocycles. The van der Waals surface area contributed by atoms with Crippen molar-refractivity contribution >= 4 is 0 Å². The number of unbranched alkanes of at least 4 members (excludes halogenated alkanes) is 4. The Hall–Kier alpha value is -0.980. The van der Waals surface area contributed by atoms with Gasteiger partial charge in [0, 0.05) is 0 Å². The Balaban J connectivity index is 2.76. The van der Waals surface area contributed by atoms with Gasteiger partial charge in [0.2, 0.25) is 0 Å². The lowest BCUT2D eigenvalue weighted by Gasteiger charge is -2.13. The van der Waals surface area contributed by atoms with Crippen LogP contribution in [-0.4, -0.2) is 5.11 Å². The number of phenolic OH excluding ortho intramolecular Hbond substituents is 1. The summed E-state index contributed by atoms with van der Waals surface area (Å²) in [5, 5.41) is 10.2. The molecule has 0 saturated carbocycles. The van der Waals surface area contributed by atoms with E-state index in [1.54, 1.807) is 0 Å². The highest BCUT2D eigenvalue weighted by Crippen LogP contribution is 2.28. The Morgan fingerprint density at radius 2 is 1.50 bits per heavy atom. The fraction of sp³-hybridized carbons (Fsp3) is 0.647. The molecule has 1 heteroatoms. The molecule has 0 aromatic heterocycles. The highest BCUT2D eigenvalue weighted by molar-refractivity contribution is 5.45. The molecule has 0 fully saturated rings. The van der Waals surface area contributed by atoms with Crippen LogP contribution in [0.2, 0.25) is 0 Å². The molecule has 0 aliphatic heterocycles. The zero-order valence-electron chi connectivity index (χ0n) is 12.3. The summed E-state index contributed by atoms with van der Waals surface area (Å²) in [4.78, 5) is 0. The number of aromatic hydroxyl groups is 1. The number of phenols is 1. The van der Waals surface area contributed by atoms with E-state index >= 15 is 0 Å². The van der Waals surface area contributed by atoms with Crippen molar-refractivity contribution in [1.82, 2.24) is 0 Å². The van der Waals surface area contributed by atoms with Crippen LogP contribution in [0.15, 0.2) is 12.1 Å². The van der Waals surface area contributed by atoms with Gasteiger partial charge < -0.3 is 5.11 Å². The van der Waals surface area contributed by atoms with Crippen molar-refractivity contribution in [2.24, 2.45) is 0 Å². The summed E-state index contributed by atoms with van der Waals surface area (Å²) in [5.74, 6) is 0.542. The molecule has 102 valence electrons. The Morgan fingerprint density at radius 1 is 0.889 bits per heavy atom. The fourth-order valence-corrected chi connectivity index (χ4v) is 2.43. The van der Waals surface area contributed by atoms with E-state index in [1.165, 1.54) is 49.7 Å². The van der Waals surface area contributed by atoms with E-state index < -0.39 is 0 Å². The van der Waals surface area contributed by atoms with Crippen molar-refractivity contribution < 1.29 is 5.11 Å². The average Bonchev–Trinajstić information content (AvgIpc) is 2.37. The first kappa shape index (κ1) is 15.1. The SMILES string of the molecule is CCCCCc1ccc(C)c(O)c1CCCCC. The fourth-order valence-electron chi connectivity index (χ4n) is 2.43. The van der Waals surface area contributed by atoms with Crippen LogP contribution in [0.25, 0.3) is 0 Å². The highest BCUT2D eigenvalue weighted by atomic mass is 16.3.